The van der Waals surface area contributed by atoms with E-state index in [1.165, 1.54) is 0 Å². The first-order valence-corrected chi connectivity index (χ1v) is 6.52. The van der Waals surface area contributed by atoms with Crippen molar-refractivity contribution in [3.05, 3.63) is 35.9 Å². The van der Waals surface area contributed by atoms with Crippen LogP contribution in [0.1, 0.15) is 11.4 Å². The van der Waals surface area contributed by atoms with E-state index in [4.69, 9.17) is 14.2 Å². The second kappa shape index (κ2) is 5.83. The summed E-state index contributed by atoms with van der Waals surface area (Å²) >= 11 is 0. The Morgan fingerprint density at radius 1 is 1.30 bits per heavy atom. The van der Waals surface area contributed by atoms with E-state index >= 15 is 0 Å². The van der Waals surface area contributed by atoms with Crippen LogP contribution in [0.25, 0.3) is 0 Å². The maximum atomic E-state index is 5.61. The quantitative estimate of drug-likeness (QED) is 0.865. The molecule has 6 heteroatoms. The Hall–Kier alpha value is -2.21. The molecule has 0 spiro atoms. The van der Waals surface area contributed by atoms with Crippen molar-refractivity contribution in [3.63, 3.8) is 0 Å². The highest BCUT2D eigenvalue weighted by molar-refractivity contribution is 5.54. The maximum Gasteiger partial charge on any atom is 0.203 e. The first kappa shape index (κ1) is 12.8. The Labute approximate surface area is 117 Å². The molecule has 1 aliphatic heterocycles. The summed E-state index contributed by atoms with van der Waals surface area (Å²) in [6.45, 7) is 2.51. The Morgan fingerprint density at radius 2 is 2.20 bits per heavy atom. The Bertz CT molecular complexity index is 552. The number of nitrogens with one attached hydrogen (secondary N) is 2. The Kier molecular flexibility index (Phi) is 3.73. The number of fused-ring (bicyclic) bond motifs is 1. The molecular formula is C14H17N3O3. The molecule has 2 N–H and O–H groups in total. The summed E-state index contributed by atoms with van der Waals surface area (Å²) in [4.78, 5) is 7.22. The summed E-state index contributed by atoms with van der Waals surface area (Å²) in [5.74, 6) is 3.05. The summed E-state index contributed by atoms with van der Waals surface area (Å²) in [5, 5.41) is 3.32. The smallest absolute Gasteiger partial charge is 0.203 e. The van der Waals surface area contributed by atoms with E-state index in [-0.39, 0.29) is 0 Å². The molecule has 0 saturated carbocycles. The number of hydrogen-bond donors (Lipinski definition) is 2. The summed E-state index contributed by atoms with van der Waals surface area (Å²) in [6.07, 6.45) is 3.55. The summed E-state index contributed by atoms with van der Waals surface area (Å²) in [6, 6.07) is 3.94. The largest absolute Gasteiger partial charge is 0.493 e. The fraction of sp³-hybridized carbons (Fsp3) is 0.357. The van der Waals surface area contributed by atoms with Crippen molar-refractivity contribution in [1.29, 1.82) is 0 Å². The fourth-order valence-electron chi connectivity index (χ4n) is 2.15. The normalized spacial score (nSPS) is 13.2. The number of benzene rings is 1. The molecule has 1 aromatic carbocycles. The van der Waals surface area contributed by atoms with Crippen LogP contribution in [0, 0.1) is 0 Å². The van der Waals surface area contributed by atoms with Gasteiger partial charge in [0.25, 0.3) is 0 Å². The number of hydrogen-bond acceptors (Lipinski definition) is 5. The molecule has 0 atom stereocenters. The van der Waals surface area contributed by atoms with E-state index in [0.29, 0.717) is 37.8 Å². The van der Waals surface area contributed by atoms with Crippen molar-refractivity contribution in [2.75, 3.05) is 20.3 Å². The van der Waals surface area contributed by atoms with Crippen LogP contribution < -0.4 is 19.5 Å². The molecule has 2 aromatic rings. The van der Waals surface area contributed by atoms with Gasteiger partial charge in [-0.3, -0.25) is 0 Å². The van der Waals surface area contributed by atoms with Crippen LogP contribution in [-0.2, 0) is 13.1 Å². The molecule has 3 rings (SSSR count). The monoisotopic (exact) mass is 275 g/mol. The minimum atomic E-state index is 0.555. The van der Waals surface area contributed by atoms with Gasteiger partial charge in [-0.2, -0.15) is 0 Å². The summed E-state index contributed by atoms with van der Waals surface area (Å²) in [7, 11) is 1.63. The third-order valence-corrected chi connectivity index (χ3v) is 3.06. The summed E-state index contributed by atoms with van der Waals surface area (Å²) < 4.78 is 16.5. The van der Waals surface area contributed by atoms with E-state index < -0.39 is 0 Å². The lowest BCUT2D eigenvalue weighted by Crippen LogP contribution is -2.17. The molecule has 0 saturated heterocycles. The molecule has 0 radical (unpaired) electrons. The Morgan fingerprint density at radius 3 is 3.00 bits per heavy atom. The summed E-state index contributed by atoms with van der Waals surface area (Å²) in [5.41, 5.74) is 1.08. The van der Waals surface area contributed by atoms with Gasteiger partial charge in [0.2, 0.25) is 5.75 Å². The zero-order valence-corrected chi connectivity index (χ0v) is 11.3. The molecule has 0 unspecified atom stereocenters. The molecule has 1 aliphatic rings. The SMILES string of the molecule is COc1cc(CNCc2ncc[nH]2)cc2c1OCCO2. The second-order valence-corrected chi connectivity index (χ2v) is 4.46. The lowest BCUT2D eigenvalue weighted by molar-refractivity contribution is 0.165. The minimum absolute atomic E-state index is 0.555. The van der Waals surface area contributed by atoms with Crippen LogP contribution in [0.15, 0.2) is 24.5 Å². The van der Waals surface area contributed by atoms with Gasteiger partial charge in [0.05, 0.1) is 13.7 Å². The molecule has 0 bridgehead atoms. The first-order valence-electron chi connectivity index (χ1n) is 6.52. The molecule has 106 valence electrons. The number of ether oxygens (including phenoxy) is 3. The average molecular weight is 275 g/mol. The van der Waals surface area contributed by atoms with E-state index in [1.807, 2.05) is 18.3 Å². The topological polar surface area (TPSA) is 68.4 Å². The van der Waals surface area contributed by atoms with Gasteiger partial charge in [-0.25, -0.2) is 4.98 Å². The number of methoxy groups -OCH3 is 1. The number of aromatic nitrogens is 2. The van der Waals surface area contributed by atoms with Gasteiger partial charge in [-0.15, -0.1) is 0 Å². The number of nitrogens with zero attached hydrogens (tertiary/aromatic N) is 1. The van der Waals surface area contributed by atoms with Crippen LogP contribution in [0.5, 0.6) is 17.2 Å². The van der Waals surface area contributed by atoms with Crippen molar-refractivity contribution < 1.29 is 14.2 Å². The number of imidazole rings is 1. The molecule has 0 fully saturated rings. The standard InChI is InChI=1S/C14H17N3O3/c1-18-11-6-10(7-12-14(11)20-5-4-19-12)8-15-9-13-16-2-3-17-13/h2-3,6-7,15H,4-5,8-9H2,1H3,(H,16,17). The molecule has 20 heavy (non-hydrogen) atoms. The van der Waals surface area contributed by atoms with Gasteiger partial charge in [-0.1, -0.05) is 0 Å². The van der Waals surface area contributed by atoms with Gasteiger partial charge in [0, 0.05) is 18.9 Å². The lowest BCUT2D eigenvalue weighted by atomic mass is 10.1. The van der Waals surface area contributed by atoms with Gasteiger partial charge < -0.3 is 24.5 Å². The second-order valence-electron chi connectivity index (χ2n) is 4.46. The van der Waals surface area contributed by atoms with Gasteiger partial charge in [-0.05, 0) is 17.7 Å². The van der Waals surface area contributed by atoms with Crippen LogP contribution >= 0.6 is 0 Å². The van der Waals surface area contributed by atoms with Crippen LogP contribution in [0.4, 0.5) is 0 Å². The van der Waals surface area contributed by atoms with E-state index in [9.17, 15) is 0 Å². The van der Waals surface area contributed by atoms with Crippen molar-refractivity contribution in [1.82, 2.24) is 15.3 Å². The van der Waals surface area contributed by atoms with E-state index in [1.54, 1.807) is 13.3 Å². The van der Waals surface area contributed by atoms with Gasteiger partial charge in [0.15, 0.2) is 11.5 Å². The van der Waals surface area contributed by atoms with Crippen LogP contribution in [0.2, 0.25) is 0 Å². The number of H-pyrrole nitrogens is 1. The van der Waals surface area contributed by atoms with Crippen molar-refractivity contribution in [2.45, 2.75) is 13.1 Å². The predicted octanol–water partition coefficient (Wildman–Crippen LogP) is 1.48. The molecule has 0 amide bonds. The fourth-order valence-corrected chi connectivity index (χ4v) is 2.15. The highest BCUT2D eigenvalue weighted by Crippen LogP contribution is 2.40. The molecule has 2 heterocycles. The van der Waals surface area contributed by atoms with Crippen LogP contribution in [0.3, 0.4) is 0 Å². The first-order chi connectivity index (χ1) is 9.86. The van der Waals surface area contributed by atoms with Gasteiger partial charge >= 0.3 is 0 Å². The molecular weight excluding hydrogens is 258 g/mol. The highest BCUT2D eigenvalue weighted by atomic mass is 16.6. The number of rotatable bonds is 5. The van der Waals surface area contributed by atoms with Crippen molar-refractivity contribution >= 4 is 0 Å². The number of aromatic amines is 1. The molecule has 1 aromatic heterocycles. The molecule has 0 aliphatic carbocycles. The third kappa shape index (κ3) is 2.70. The maximum absolute atomic E-state index is 5.61. The zero-order chi connectivity index (χ0) is 13.8. The van der Waals surface area contributed by atoms with Gasteiger partial charge in [0.1, 0.15) is 19.0 Å². The lowest BCUT2D eigenvalue weighted by Gasteiger charge is -2.21. The molecule has 6 nitrogen and oxygen atoms in total. The highest BCUT2D eigenvalue weighted by Gasteiger charge is 2.18. The van der Waals surface area contributed by atoms with Crippen molar-refractivity contribution in [3.8, 4) is 17.2 Å². The third-order valence-electron chi connectivity index (χ3n) is 3.06. The zero-order valence-electron chi connectivity index (χ0n) is 11.3. The Balaban J connectivity index is 1.69. The van der Waals surface area contributed by atoms with E-state index in [0.717, 1.165) is 17.1 Å². The minimum Gasteiger partial charge on any atom is -0.493 e. The van der Waals surface area contributed by atoms with E-state index in [2.05, 4.69) is 15.3 Å². The van der Waals surface area contributed by atoms with Crippen molar-refractivity contribution in [2.24, 2.45) is 0 Å². The average Bonchev–Trinajstić information content (AvgIpc) is 2.99. The predicted molar refractivity (Wildman–Crippen MR) is 73.1 cm³/mol. The van der Waals surface area contributed by atoms with Crippen LogP contribution in [-0.4, -0.2) is 30.3 Å².